The maximum absolute atomic E-state index is 5.94. The Balaban J connectivity index is 1.58. The third-order valence-electron chi connectivity index (χ3n) is 5.11. The van der Waals surface area contributed by atoms with Crippen molar-refractivity contribution >= 4 is 5.82 Å². The van der Waals surface area contributed by atoms with Crippen LogP contribution < -0.4 is 11.1 Å². The van der Waals surface area contributed by atoms with Crippen molar-refractivity contribution < 1.29 is 4.74 Å². The van der Waals surface area contributed by atoms with E-state index in [1.54, 1.807) is 7.11 Å². The molecule has 1 heterocycles. The summed E-state index contributed by atoms with van der Waals surface area (Å²) < 4.78 is 5.24. The number of hydrogen-bond donors (Lipinski definition) is 2. The van der Waals surface area contributed by atoms with Crippen molar-refractivity contribution in [3.05, 3.63) is 53.0 Å². The summed E-state index contributed by atoms with van der Waals surface area (Å²) in [6, 6.07) is 11.4. The van der Waals surface area contributed by atoms with Gasteiger partial charge in [-0.2, -0.15) is 0 Å². The second-order valence-electron chi connectivity index (χ2n) is 6.89. The topological polar surface area (TPSA) is 73.1 Å². The van der Waals surface area contributed by atoms with Crippen molar-refractivity contribution in [1.82, 2.24) is 9.97 Å². The summed E-state index contributed by atoms with van der Waals surface area (Å²) in [4.78, 5) is 9.31. The summed E-state index contributed by atoms with van der Waals surface area (Å²) in [6.07, 6.45) is 4.24. The average molecular weight is 324 g/mol. The largest absolute Gasteiger partial charge is 0.377 e. The van der Waals surface area contributed by atoms with Crippen LogP contribution >= 0.6 is 0 Å². The fraction of sp³-hybridized carbons (Fsp3) is 0.474. The van der Waals surface area contributed by atoms with E-state index in [4.69, 9.17) is 10.5 Å². The highest BCUT2D eigenvalue weighted by Crippen LogP contribution is 2.37. The van der Waals surface area contributed by atoms with Crippen LogP contribution in [-0.4, -0.2) is 23.1 Å². The minimum absolute atomic E-state index is 0.314. The van der Waals surface area contributed by atoms with Crippen LogP contribution in [0.5, 0.6) is 0 Å². The lowest BCUT2D eigenvalue weighted by atomic mass is 9.78. The van der Waals surface area contributed by atoms with Gasteiger partial charge >= 0.3 is 0 Å². The van der Waals surface area contributed by atoms with Crippen molar-refractivity contribution in [2.45, 2.75) is 50.3 Å². The van der Waals surface area contributed by atoms with Gasteiger partial charge in [0.1, 0.15) is 12.4 Å². The second-order valence-corrected chi connectivity index (χ2v) is 6.89. The highest BCUT2D eigenvalue weighted by Gasteiger charge is 2.29. The lowest BCUT2D eigenvalue weighted by Gasteiger charge is -2.32. The predicted molar refractivity (Wildman–Crippen MR) is 93.8 cm³/mol. The Morgan fingerprint density at radius 1 is 1.25 bits per heavy atom. The summed E-state index contributed by atoms with van der Waals surface area (Å²) >= 11 is 0. The number of hydrogen-bond acceptors (Lipinski definition) is 5. The van der Waals surface area contributed by atoms with Crippen LogP contribution in [0.1, 0.15) is 53.9 Å². The van der Waals surface area contributed by atoms with Gasteiger partial charge in [-0.1, -0.05) is 24.3 Å². The summed E-state index contributed by atoms with van der Waals surface area (Å²) in [5, 5.41) is 3.61. The number of ether oxygens (including phenoxy) is 1. The number of fused-ring (bicyclic) bond motifs is 1. The highest BCUT2D eigenvalue weighted by atomic mass is 16.5. The van der Waals surface area contributed by atoms with E-state index in [0.717, 1.165) is 43.0 Å². The fourth-order valence-electron chi connectivity index (χ4n) is 3.78. The molecule has 2 aliphatic carbocycles. The molecule has 0 bridgehead atoms. The number of nitrogens with one attached hydrogen (secondary N) is 1. The van der Waals surface area contributed by atoms with Crippen molar-refractivity contribution in [3.8, 4) is 0 Å². The number of nitrogens with zero attached hydrogens (tertiary/aromatic N) is 2. The van der Waals surface area contributed by atoms with E-state index in [9.17, 15) is 0 Å². The molecule has 2 aliphatic rings. The lowest BCUT2D eigenvalue weighted by Crippen LogP contribution is -2.35. The van der Waals surface area contributed by atoms with E-state index in [1.165, 1.54) is 11.1 Å². The first kappa shape index (κ1) is 15.5. The second kappa shape index (κ2) is 6.49. The smallest absolute Gasteiger partial charge is 0.156 e. The SMILES string of the molecule is COCc1nc(N[C@@H]2CCc3ccccc32)cc(C2CC(N)C2)n1. The molecule has 0 spiro atoms. The summed E-state index contributed by atoms with van der Waals surface area (Å²) in [6.45, 7) is 0.433. The zero-order valence-corrected chi connectivity index (χ0v) is 14.0. The summed E-state index contributed by atoms with van der Waals surface area (Å²) in [5.41, 5.74) is 9.85. The monoisotopic (exact) mass is 324 g/mol. The number of aromatic nitrogens is 2. The van der Waals surface area contributed by atoms with Crippen LogP contribution in [0.4, 0.5) is 5.82 Å². The Bertz CT molecular complexity index is 727. The molecule has 0 amide bonds. The van der Waals surface area contributed by atoms with Gasteiger partial charge in [0.2, 0.25) is 0 Å². The van der Waals surface area contributed by atoms with Crippen molar-refractivity contribution in [3.63, 3.8) is 0 Å². The Hall–Kier alpha value is -1.98. The van der Waals surface area contributed by atoms with Gasteiger partial charge in [-0.05, 0) is 36.8 Å². The third kappa shape index (κ3) is 3.01. The first-order chi connectivity index (χ1) is 11.7. The molecule has 24 heavy (non-hydrogen) atoms. The van der Waals surface area contributed by atoms with Crippen LogP contribution in [-0.2, 0) is 17.8 Å². The number of benzene rings is 1. The molecule has 0 saturated heterocycles. The Labute approximate surface area is 142 Å². The van der Waals surface area contributed by atoms with Crippen LogP contribution in [0.25, 0.3) is 0 Å². The van der Waals surface area contributed by atoms with Gasteiger partial charge in [-0.25, -0.2) is 9.97 Å². The normalized spacial score (nSPS) is 25.2. The molecule has 5 nitrogen and oxygen atoms in total. The van der Waals surface area contributed by atoms with E-state index in [2.05, 4.69) is 45.6 Å². The first-order valence-corrected chi connectivity index (χ1v) is 8.69. The number of nitrogens with two attached hydrogens (primary N) is 1. The van der Waals surface area contributed by atoms with Crippen molar-refractivity contribution in [2.75, 3.05) is 12.4 Å². The molecular weight excluding hydrogens is 300 g/mol. The van der Waals surface area contributed by atoms with Gasteiger partial charge in [0.15, 0.2) is 5.82 Å². The molecule has 126 valence electrons. The minimum atomic E-state index is 0.314. The molecule has 5 heteroatoms. The van der Waals surface area contributed by atoms with Gasteiger partial charge in [-0.15, -0.1) is 0 Å². The van der Waals surface area contributed by atoms with E-state index < -0.39 is 0 Å². The van der Waals surface area contributed by atoms with Crippen molar-refractivity contribution in [2.24, 2.45) is 5.73 Å². The van der Waals surface area contributed by atoms with Crippen LogP contribution in [0.15, 0.2) is 30.3 Å². The molecule has 3 N–H and O–H groups in total. The molecule has 0 aliphatic heterocycles. The van der Waals surface area contributed by atoms with Gasteiger partial charge in [0.25, 0.3) is 0 Å². The number of rotatable bonds is 5. The van der Waals surface area contributed by atoms with E-state index in [1.807, 2.05) is 0 Å². The standard InChI is InChI=1S/C19H24N4O/c1-24-11-19-22-17(13-8-14(20)9-13)10-18(23-19)21-16-7-6-12-4-2-3-5-15(12)16/h2-5,10,13-14,16H,6-9,11,20H2,1H3,(H,21,22,23)/t13?,14?,16-/m1/s1. The van der Waals surface area contributed by atoms with Crippen molar-refractivity contribution in [1.29, 1.82) is 0 Å². The van der Waals surface area contributed by atoms with Crippen LogP contribution in [0.3, 0.4) is 0 Å². The zero-order valence-electron chi connectivity index (χ0n) is 14.0. The van der Waals surface area contributed by atoms with Gasteiger partial charge in [0.05, 0.1) is 6.04 Å². The van der Waals surface area contributed by atoms with Crippen LogP contribution in [0.2, 0.25) is 0 Å². The maximum atomic E-state index is 5.94. The molecule has 1 aromatic carbocycles. The fourth-order valence-corrected chi connectivity index (χ4v) is 3.78. The molecule has 0 radical (unpaired) electrons. The molecule has 2 aromatic rings. The third-order valence-corrected chi connectivity index (χ3v) is 5.11. The predicted octanol–water partition coefficient (Wildman–Crippen LogP) is 2.93. The lowest BCUT2D eigenvalue weighted by molar-refractivity contribution is 0.177. The molecule has 4 rings (SSSR count). The van der Waals surface area contributed by atoms with Gasteiger partial charge in [0, 0.05) is 30.8 Å². The number of aryl methyl sites for hydroxylation is 1. The number of methoxy groups -OCH3 is 1. The highest BCUT2D eigenvalue weighted by molar-refractivity contribution is 5.45. The maximum Gasteiger partial charge on any atom is 0.156 e. The molecular formula is C19H24N4O. The first-order valence-electron chi connectivity index (χ1n) is 8.69. The van der Waals surface area contributed by atoms with E-state index in [-0.39, 0.29) is 0 Å². The Kier molecular flexibility index (Phi) is 4.21. The van der Waals surface area contributed by atoms with E-state index >= 15 is 0 Å². The molecule has 1 saturated carbocycles. The van der Waals surface area contributed by atoms with Gasteiger partial charge < -0.3 is 15.8 Å². The summed E-state index contributed by atoms with van der Waals surface area (Å²) in [5.74, 6) is 2.09. The van der Waals surface area contributed by atoms with E-state index in [0.29, 0.717) is 24.6 Å². The quantitative estimate of drug-likeness (QED) is 0.884. The molecule has 1 atom stereocenters. The Morgan fingerprint density at radius 2 is 2.08 bits per heavy atom. The average Bonchev–Trinajstić information content (AvgIpc) is 2.95. The molecule has 1 aromatic heterocycles. The Morgan fingerprint density at radius 3 is 2.88 bits per heavy atom. The zero-order chi connectivity index (χ0) is 16.5. The minimum Gasteiger partial charge on any atom is -0.377 e. The number of anilines is 1. The summed E-state index contributed by atoms with van der Waals surface area (Å²) in [7, 11) is 1.68. The van der Waals surface area contributed by atoms with Gasteiger partial charge in [-0.3, -0.25) is 0 Å². The molecule has 1 fully saturated rings. The van der Waals surface area contributed by atoms with Crippen LogP contribution in [0, 0.1) is 0 Å². The molecule has 0 unspecified atom stereocenters.